The van der Waals surface area contributed by atoms with Crippen LogP contribution in [0.25, 0.3) is 11.3 Å². The highest BCUT2D eigenvalue weighted by Gasteiger charge is 2.21. The Bertz CT molecular complexity index is 668. The van der Waals surface area contributed by atoms with E-state index in [2.05, 4.69) is 10.3 Å². The molecule has 0 unspecified atom stereocenters. The third-order valence-corrected chi connectivity index (χ3v) is 3.39. The number of thioether (sulfide) groups is 1. The second kappa shape index (κ2) is 6.35. The first kappa shape index (κ1) is 15.0. The van der Waals surface area contributed by atoms with Crippen molar-refractivity contribution >= 4 is 23.4 Å². The van der Waals surface area contributed by atoms with Gasteiger partial charge in [0.15, 0.2) is 5.69 Å². The van der Waals surface area contributed by atoms with Gasteiger partial charge < -0.3 is 5.11 Å². The zero-order chi connectivity index (χ0) is 15.4. The number of nitrogens with zero attached hydrogens (tertiary/aromatic N) is 4. The van der Waals surface area contributed by atoms with Gasteiger partial charge in [-0.05, 0) is 18.4 Å². The number of benzene rings is 1. The van der Waals surface area contributed by atoms with Crippen LogP contribution in [-0.4, -0.2) is 43.0 Å². The lowest BCUT2D eigenvalue weighted by Crippen LogP contribution is -2.06. The van der Waals surface area contributed by atoms with E-state index < -0.39 is 10.9 Å². The van der Waals surface area contributed by atoms with Gasteiger partial charge in [-0.2, -0.15) is 11.8 Å². The first-order chi connectivity index (χ1) is 10.0. The fourth-order valence-corrected chi connectivity index (χ4v) is 2.17. The molecule has 0 saturated heterocycles. The van der Waals surface area contributed by atoms with E-state index in [0.717, 1.165) is 5.75 Å². The molecular formula is C12H12N4O4S. The summed E-state index contributed by atoms with van der Waals surface area (Å²) in [7, 11) is 0. The quantitative estimate of drug-likeness (QED) is 0.641. The molecule has 0 radical (unpaired) electrons. The van der Waals surface area contributed by atoms with Crippen molar-refractivity contribution in [1.29, 1.82) is 0 Å². The van der Waals surface area contributed by atoms with E-state index in [-0.39, 0.29) is 11.4 Å². The Morgan fingerprint density at radius 2 is 2.10 bits per heavy atom. The zero-order valence-corrected chi connectivity index (χ0v) is 11.9. The number of hydrogen-bond acceptors (Lipinski definition) is 6. The normalized spacial score (nSPS) is 10.5. The first-order valence-corrected chi connectivity index (χ1v) is 7.34. The lowest BCUT2D eigenvalue weighted by atomic mass is 10.1. The van der Waals surface area contributed by atoms with Crippen molar-refractivity contribution < 1.29 is 14.8 Å². The molecule has 1 heterocycles. The number of carboxylic acid groups (broad SMARTS) is 1. The van der Waals surface area contributed by atoms with Crippen LogP contribution in [0, 0.1) is 10.1 Å². The van der Waals surface area contributed by atoms with E-state index in [4.69, 9.17) is 0 Å². The van der Waals surface area contributed by atoms with Gasteiger partial charge in [-0.1, -0.05) is 5.21 Å². The molecule has 0 bridgehead atoms. The summed E-state index contributed by atoms with van der Waals surface area (Å²) < 4.78 is 1.50. The second-order valence-corrected chi connectivity index (χ2v) is 5.10. The van der Waals surface area contributed by atoms with Crippen LogP contribution >= 0.6 is 11.8 Å². The third kappa shape index (κ3) is 3.19. The summed E-state index contributed by atoms with van der Waals surface area (Å²) in [5.74, 6) is -0.429. The van der Waals surface area contributed by atoms with Crippen LogP contribution in [0.4, 0.5) is 5.69 Å². The number of hydrogen-bond donors (Lipinski definition) is 1. The average Bonchev–Trinajstić information content (AvgIpc) is 2.89. The Hall–Kier alpha value is -2.42. The number of nitro groups is 1. The zero-order valence-electron chi connectivity index (χ0n) is 11.1. The van der Waals surface area contributed by atoms with Crippen LogP contribution in [0.15, 0.2) is 24.3 Å². The molecule has 0 aliphatic carbocycles. The minimum absolute atomic E-state index is 0.0567. The Morgan fingerprint density at radius 3 is 2.62 bits per heavy atom. The van der Waals surface area contributed by atoms with Crippen LogP contribution in [0.1, 0.15) is 10.5 Å². The predicted octanol–water partition coefficient (Wildman–Crippen LogP) is 1.91. The van der Waals surface area contributed by atoms with Gasteiger partial charge >= 0.3 is 5.97 Å². The van der Waals surface area contributed by atoms with Crippen molar-refractivity contribution in [1.82, 2.24) is 15.0 Å². The van der Waals surface area contributed by atoms with Gasteiger partial charge in [0.25, 0.3) is 5.69 Å². The molecule has 2 rings (SSSR count). The maximum absolute atomic E-state index is 11.2. The molecule has 1 aromatic heterocycles. The smallest absolute Gasteiger partial charge is 0.358 e. The number of rotatable bonds is 6. The van der Waals surface area contributed by atoms with Gasteiger partial charge in [-0.25, -0.2) is 9.48 Å². The number of aromatic nitrogens is 3. The molecule has 2 aromatic rings. The lowest BCUT2D eigenvalue weighted by Gasteiger charge is -2.06. The van der Waals surface area contributed by atoms with Gasteiger partial charge in [0.2, 0.25) is 0 Å². The summed E-state index contributed by atoms with van der Waals surface area (Å²) in [5.41, 5.74) is 0.666. The van der Waals surface area contributed by atoms with Gasteiger partial charge in [0.1, 0.15) is 5.69 Å². The molecule has 21 heavy (non-hydrogen) atoms. The van der Waals surface area contributed by atoms with Crippen molar-refractivity contribution in [3.8, 4) is 11.3 Å². The number of non-ortho nitro benzene ring substituents is 1. The van der Waals surface area contributed by atoms with E-state index in [9.17, 15) is 20.0 Å². The maximum atomic E-state index is 11.2. The average molecular weight is 308 g/mol. The Kier molecular flexibility index (Phi) is 4.53. The molecule has 110 valence electrons. The molecule has 1 N–H and O–H groups in total. The number of carbonyl (C=O) groups is 1. The highest BCUT2D eigenvalue weighted by atomic mass is 32.2. The summed E-state index contributed by atoms with van der Waals surface area (Å²) >= 11 is 1.60. The van der Waals surface area contributed by atoms with Gasteiger partial charge in [0, 0.05) is 23.4 Å². The summed E-state index contributed by atoms with van der Waals surface area (Å²) in [5, 5.41) is 27.4. The third-order valence-electron chi connectivity index (χ3n) is 2.80. The van der Waals surface area contributed by atoms with Crippen LogP contribution in [0.5, 0.6) is 0 Å². The Morgan fingerprint density at radius 1 is 1.43 bits per heavy atom. The van der Waals surface area contributed by atoms with E-state index >= 15 is 0 Å². The fraction of sp³-hybridized carbons (Fsp3) is 0.250. The molecule has 8 nitrogen and oxygen atoms in total. The summed E-state index contributed by atoms with van der Waals surface area (Å²) in [6.07, 6.45) is 1.93. The SMILES string of the molecule is CSCCn1nnc(C(=O)O)c1-c1ccc([N+](=O)[O-])cc1. The molecule has 0 atom stereocenters. The van der Waals surface area contributed by atoms with Crippen LogP contribution < -0.4 is 0 Å². The number of aromatic carboxylic acids is 1. The van der Waals surface area contributed by atoms with Crippen LogP contribution in [0.3, 0.4) is 0 Å². The van der Waals surface area contributed by atoms with Crippen molar-refractivity contribution in [3.63, 3.8) is 0 Å². The Labute approximate surface area is 123 Å². The van der Waals surface area contributed by atoms with Crippen LogP contribution in [-0.2, 0) is 6.54 Å². The number of nitro benzene ring substituents is 1. The molecule has 0 aliphatic rings. The minimum atomic E-state index is -1.18. The number of aryl methyl sites for hydroxylation is 1. The van der Waals surface area contributed by atoms with Gasteiger partial charge in [0.05, 0.1) is 11.5 Å². The molecule has 0 saturated carbocycles. The van der Waals surface area contributed by atoms with Crippen molar-refractivity contribution in [3.05, 3.63) is 40.1 Å². The molecule has 1 aromatic carbocycles. The first-order valence-electron chi connectivity index (χ1n) is 5.95. The Balaban J connectivity index is 2.46. The standard InChI is InChI=1S/C12H12N4O4S/c1-21-7-6-15-11(10(12(17)18)13-14-15)8-2-4-9(5-3-8)16(19)20/h2-5H,6-7H2,1H3,(H,17,18). The van der Waals surface area contributed by atoms with Crippen molar-refractivity contribution in [2.45, 2.75) is 6.54 Å². The van der Waals surface area contributed by atoms with Crippen molar-refractivity contribution in [2.24, 2.45) is 0 Å². The van der Waals surface area contributed by atoms with Crippen molar-refractivity contribution in [2.75, 3.05) is 12.0 Å². The highest BCUT2D eigenvalue weighted by Crippen LogP contribution is 2.25. The van der Waals surface area contributed by atoms with E-state index in [1.54, 1.807) is 11.8 Å². The highest BCUT2D eigenvalue weighted by molar-refractivity contribution is 7.98. The molecule has 0 fully saturated rings. The molecule has 9 heteroatoms. The summed E-state index contributed by atoms with van der Waals surface area (Å²) in [4.78, 5) is 21.4. The van der Waals surface area contributed by atoms with Gasteiger partial charge in [-0.15, -0.1) is 5.10 Å². The minimum Gasteiger partial charge on any atom is -0.476 e. The molecule has 0 aliphatic heterocycles. The molecule has 0 amide bonds. The largest absolute Gasteiger partial charge is 0.476 e. The molecular weight excluding hydrogens is 296 g/mol. The monoisotopic (exact) mass is 308 g/mol. The summed E-state index contributed by atoms with van der Waals surface area (Å²) in [6.45, 7) is 0.508. The van der Waals surface area contributed by atoms with Crippen LogP contribution in [0.2, 0.25) is 0 Å². The topological polar surface area (TPSA) is 111 Å². The fourth-order valence-electron chi connectivity index (χ4n) is 1.82. The second-order valence-electron chi connectivity index (χ2n) is 4.11. The maximum Gasteiger partial charge on any atom is 0.358 e. The molecule has 0 spiro atoms. The predicted molar refractivity (Wildman–Crippen MR) is 77.5 cm³/mol. The summed E-state index contributed by atoms with van der Waals surface area (Å²) in [6, 6.07) is 5.65. The number of carboxylic acids is 1. The van der Waals surface area contributed by atoms with E-state index in [1.807, 2.05) is 6.26 Å². The lowest BCUT2D eigenvalue weighted by molar-refractivity contribution is -0.384. The van der Waals surface area contributed by atoms with E-state index in [1.165, 1.54) is 28.9 Å². The van der Waals surface area contributed by atoms with E-state index in [0.29, 0.717) is 17.8 Å². The van der Waals surface area contributed by atoms with Gasteiger partial charge in [-0.3, -0.25) is 10.1 Å².